The fraction of sp³-hybridized carbons (Fsp3) is 0.630. The van der Waals surface area contributed by atoms with Crippen LogP contribution in [0.2, 0.25) is 0 Å². The standard InChI is InChI=1S/C27H43NO2/c1-22(12-9-14-24(3)21-25-15-6-7-19-28-25)11-8-13-23(2)16-17-26(30)27(4,5)18-10-20-29/h6-7,12,15,19,21,23,29H,8-11,13-14,16-18,20H2,1-5H3/b22-12+,24-21+. The van der Waals surface area contributed by atoms with Crippen LogP contribution in [0.3, 0.4) is 0 Å². The Hall–Kier alpha value is -1.74. The van der Waals surface area contributed by atoms with Gasteiger partial charge in [0.05, 0.1) is 5.69 Å². The summed E-state index contributed by atoms with van der Waals surface area (Å²) in [5, 5.41) is 8.99. The van der Waals surface area contributed by atoms with Crippen molar-refractivity contribution in [3.05, 3.63) is 47.3 Å². The van der Waals surface area contributed by atoms with Gasteiger partial charge in [0.15, 0.2) is 0 Å². The molecule has 0 aromatic carbocycles. The second-order valence-electron chi connectivity index (χ2n) is 9.50. The third-order valence-corrected chi connectivity index (χ3v) is 5.96. The molecule has 0 saturated heterocycles. The van der Waals surface area contributed by atoms with E-state index in [0.717, 1.165) is 37.8 Å². The molecule has 1 atom stereocenters. The monoisotopic (exact) mass is 413 g/mol. The molecular formula is C27H43NO2. The zero-order valence-corrected chi connectivity index (χ0v) is 19.9. The molecular weight excluding hydrogens is 370 g/mol. The van der Waals surface area contributed by atoms with Crippen LogP contribution in [0.15, 0.2) is 41.6 Å². The number of Topliss-reactive ketones (excluding diaryl/α,β-unsaturated/α-hetero) is 1. The number of carbonyl (C=O) groups is 1. The lowest BCUT2D eigenvalue weighted by molar-refractivity contribution is -0.127. The molecule has 1 rings (SSSR count). The van der Waals surface area contributed by atoms with Crippen molar-refractivity contribution in [3.63, 3.8) is 0 Å². The van der Waals surface area contributed by atoms with Gasteiger partial charge in [0.2, 0.25) is 0 Å². The number of aliphatic hydroxyl groups excluding tert-OH is 1. The summed E-state index contributed by atoms with van der Waals surface area (Å²) in [7, 11) is 0. The van der Waals surface area contributed by atoms with Crippen molar-refractivity contribution in [2.45, 2.75) is 92.4 Å². The average Bonchev–Trinajstić information content (AvgIpc) is 2.71. The minimum atomic E-state index is -0.301. The summed E-state index contributed by atoms with van der Waals surface area (Å²) in [6.45, 7) is 10.9. The van der Waals surface area contributed by atoms with Crippen LogP contribution in [0.1, 0.15) is 98.1 Å². The molecule has 30 heavy (non-hydrogen) atoms. The van der Waals surface area contributed by atoms with E-state index in [9.17, 15) is 4.79 Å². The Morgan fingerprint density at radius 1 is 1.10 bits per heavy atom. The molecule has 0 fully saturated rings. The number of allylic oxidation sites excluding steroid dienone is 3. The average molecular weight is 414 g/mol. The molecule has 0 spiro atoms. The van der Waals surface area contributed by atoms with E-state index in [4.69, 9.17) is 5.11 Å². The summed E-state index contributed by atoms with van der Waals surface area (Å²) in [4.78, 5) is 16.8. The molecule has 0 amide bonds. The highest BCUT2D eigenvalue weighted by atomic mass is 16.3. The molecule has 1 N–H and O–H groups in total. The smallest absolute Gasteiger partial charge is 0.138 e. The van der Waals surface area contributed by atoms with Crippen LogP contribution in [0.4, 0.5) is 0 Å². The van der Waals surface area contributed by atoms with Gasteiger partial charge in [-0.1, -0.05) is 50.5 Å². The van der Waals surface area contributed by atoms with Crippen molar-refractivity contribution in [1.29, 1.82) is 0 Å². The number of hydrogen-bond acceptors (Lipinski definition) is 3. The van der Waals surface area contributed by atoms with Gasteiger partial charge in [-0.05, 0) is 82.9 Å². The minimum absolute atomic E-state index is 0.167. The first-order valence-corrected chi connectivity index (χ1v) is 11.6. The van der Waals surface area contributed by atoms with Gasteiger partial charge in [0.1, 0.15) is 5.78 Å². The number of aromatic nitrogens is 1. The largest absolute Gasteiger partial charge is 0.396 e. The predicted octanol–water partition coefficient (Wildman–Crippen LogP) is 7.17. The highest BCUT2D eigenvalue weighted by Crippen LogP contribution is 2.27. The molecule has 1 heterocycles. The van der Waals surface area contributed by atoms with Crippen LogP contribution in [0.25, 0.3) is 6.08 Å². The number of pyridine rings is 1. The SMILES string of the molecule is C/C(=C\c1ccccn1)CC/C=C(\C)CCCC(C)CCC(=O)C(C)(C)CCCO. The van der Waals surface area contributed by atoms with Crippen molar-refractivity contribution in [2.75, 3.05) is 6.61 Å². The third kappa shape index (κ3) is 11.4. The Labute approximate surface area is 184 Å². The van der Waals surface area contributed by atoms with Crippen LogP contribution in [-0.4, -0.2) is 22.5 Å². The lowest BCUT2D eigenvalue weighted by atomic mass is 9.80. The Morgan fingerprint density at radius 2 is 1.87 bits per heavy atom. The first-order chi connectivity index (χ1) is 14.2. The zero-order valence-electron chi connectivity index (χ0n) is 19.9. The molecule has 3 nitrogen and oxygen atoms in total. The fourth-order valence-electron chi connectivity index (χ4n) is 3.68. The first kappa shape index (κ1) is 26.3. The Morgan fingerprint density at radius 3 is 2.53 bits per heavy atom. The van der Waals surface area contributed by atoms with Crippen LogP contribution in [0, 0.1) is 11.3 Å². The Bertz CT molecular complexity index is 673. The highest BCUT2D eigenvalue weighted by Gasteiger charge is 2.26. The van der Waals surface area contributed by atoms with Gasteiger partial charge in [0, 0.05) is 24.6 Å². The topological polar surface area (TPSA) is 50.2 Å². The molecule has 1 aromatic heterocycles. The number of nitrogens with zero attached hydrogens (tertiary/aromatic N) is 1. The molecule has 168 valence electrons. The fourth-order valence-corrected chi connectivity index (χ4v) is 3.68. The molecule has 0 aliphatic carbocycles. The van der Waals surface area contributed by atoms with E-state index in [1.807, 2.05) is 38.2 Å². The van der Waals surface area contributed by atoms with Gasteiger partial charge in [-0.25, -0.2) is 0 Å². The molecule has 1 aromatic rings. The maximum atomic E-state index is 12.4. The van der Waals surface area contributed by atoms with Gasteiger partial charge in [-0.2, -0.15) is 0 Å². The molecule has 0 aliphatic rings. The zero-order chi connectivity index (χ0) is 22.4. The van der Waals surface area contributed by atoms with E-state index in [1.165, 1.54) is 24.0 Å². The summed E-state index contributed by atoms with van der Waals surface area (Å²) in [6.07, 6.45) is 15.1. The number of aliphatic hydroxyl groups is 1. The molecule has 0 bridgehead atoms. The summed E-state index contributed by atoms with van der Waals surface area (Å²) in [5.74, 6) is 0.923. The minimum Gasteiger partial charge on any atom is -0.396 e. The van der Waals surface area contributed by atoms with Crippen LogP contribution >= 0.6 is 0 Å². The van der Waals surface area contributed by atoms with E-state index in [-0.39, 0.29) is 12.0 Å². The van der Waals surface area contributed by atoms with E-state index in [2.05, 4.69) is 37.9 Å². The van der Waals surface area contributed by atoms with E-state index in [0.29, 0.717) is 24.5 Å². The maximum absolute atomic E-state index is 12.4. The summed E-state index contributed by atoms with van der Waals surface area (Å²) in [5.41, 5.74) is 3.55. The quantitative estimate of drug-likeness (QED) is 0.310. The molecule has 1 unspecified atom stereocenters. The van der Waals surface area contributed by atoms with Crippen LogP contribution in [-0.2, 0) is 4.79 Å². The second kappa shape index (κ2) is 14.3. The second-order valence-corrected chi connectivity index (χ2v) is 9.50. The number of rotatable bonds is 15. The van der Waals surface area contributed by atoms with E-state index >= 15 is 0 Å². The van der Waals surface area contributed by atoms with E-state index < -0.39 is 0 Å². The Kier molecular flexibility index (Phi) is 12.5. The number of ketones is 1. The van der Waals surface area contributed by atoms with Crippen molar-refractivity contribution in [3.8, 4) is 0 Å². The first-order valence-electron chi connectivity index (χ1n) is 11.6. The summed E-state index contributed by atoms with van der Waals surface area (Å²) < 4.78 is 0. The van der Waals surface area contributed by atoms with Crippen molar-refractivity contribution < 1.29 is 9.90 Å². The lowest BCUT2D eigenvalue weighted by Gasteiger charge is -2.23. The van der Waals surface area contributed by atoms with Crippen molar-refractivity contribution >= 4 is 11.9 Å². The van der Waals surface area contributed by atoms with Crippen LogP contribution < -0.4 is 0 Å². The summed E-state index contributed by atoms with van der Waals surface area (Å²) in [6, 6.07) is 6.00. The predicted molar refractivity (Wildman–Crippen MR) is 128 cm³/mol. The highest BCUT2D eigenvalue weighted by molar-refractivity contribution is 5.83. The Balaban J connectivity index is 2.24. The number of carbonyl (C=O) groups excluding carboxylic acids is 1. The summed E-state index contributed by atoms with van der Waals surface area (Å²) >= 11 is 0. The van der Waals surface area contributed by atoms with Gasteiger partial charge < -0.3 is 5.11 Å². The van der Waals surface area contributed by atoms with Gasteiger partial charge in [0.25, 0.3) is 0 Å². The molecule has 0 radical (unpaired) electrons. The van der Waals surface area contributed by atoms with Gasteiger partial charge in [-0.3, -0.25) is 9.78 Å². The molecule has 0 aliphatic heterocycles. The van der Waals surface area contributed by atoms with Gasteiger partial charge in [-0.15, -0.1) is 0 Å². The van der Waals surface area contributed by atoms with Gasteiger partial charge >= 0.3 is 0 Å². The maximum Gasteiger partial charge on any atom is 0.138 e. The molecule has 0 saturated carbocycles. The lowest BCUT2D eigenvalue weighted by Crippen LogP contribution is -2.25. The van der Waals surface area contributed by atoms with Crippen molar-refractivity contribution in [2.24, 2.45) is 11.3 Å². The third-order valence-electron chi connectivity index (χ3n) is 5.96. The van der Waals surface area contributed by atoms with E-state index in [1.54, 1.807) is 0 Å². The molecule has 3 heteroatoms. The normalized spacial score (nSPS) is 14.1. The number of hydrogen-bond donors (Lipinski definition) is 1. The van der Waals surface area contributed by atoms with Crippen LogP contribution in [0.5, 0.6) is 0 Å². The van der Waals surface area contributed by atoms with Crippen molar-refractivity contribution in [1.82, 2.24) is 4.98 Å².